The summed E-state index contributed by atoms with van der Waals surface area (Å²) in [7, 11) is 0. The van der Waals surface area contributed by atoms with Crippen LogP contribution in [0.5, 0.6) is 0 Å². The van der Waals surface area contributed by atoms with E-state index < -0.39 is 0 Å². The molecule has 2 nitrogen and oxygen atoms in total. The van der Waals surface area contributed by atoms with E-state index in [0.29, 0.717) is 11.1 Å². The van der Waals surface area contributed by atoms with Crippen LogP contribution < -0.4 is 0 Å². The van der Waals surface area contributed by atoms with Gasteiger partial charge in [0.1, 0.15) is 5.15 Å². The highest BCUT2D eigenvalue weighted by Gasteiger charge is 2.27. The molecule has 0 amide bonds. The highest BCUT2D eigenvalue weighted by Crippen LogP contribution is 2.44. The molecule has 1 saturated carbocycles. The lowest BCUT2D eigenvalue weighted by molar-refractivity contribution is 0.568. The zero-order valence-electron chi connectivity index (χ0n) is 12.2. The van der Waals surface area contributed by atoms with Crippen LogP contribution in [-0.4, -0.2) is 9.97 Å². The molecule has 0 saturated heterocycles. The van der Waals surface area contributed by atoms with Crippen molar-refractivity contribution in [3.8, 4) is 11.4 Å². The Labute approximate surface area is 125 Å². The van der Waals surface area contributed by atoms with Crippen LogP contribution in [0.2, 0.25) is 5.15 Å². The molecule has 1 fully saturated rings. The Kier molecular flexibility index (Phi) is 3.29. The molecule has 0 N–H and O–H groups in total. The summed E-state index contributed by atoms with van der Waals surface area (Å²) in [6, 6.07) is 10.3. The smallest absolute Gasteiger partial charge is 0.161 e. The molecule has 0 atom stereocenters. The van der Waals surface area contributed by atoms with Gasteiger partial charge in [0.2, 0.25) is 0 Å². The summed E-state index contributed by atoms with van der Waals surface area (Å²) in [6.07, 6.45) is 2.54. The molecular weight excluding hydrogens is 268 g/mol. The van der Waals surface area contributed by atoms with Gasteiger partial charge in [0, 0.05) is 11.0 Å². The molecule has 3 rings (SSSR count). The minimum absolute atomic E-state index is 0.0319. The maximum atomic E-state index is 6.20. The van der Waals surface area contributed by atoms with E-state index in [9.17, 15) is 0 Å². The molecule has 3 heteroatoms. The van der Waals surface area contributed by atoms with Gasteiger partial charge in [-0.1, -0.05) is 56.6 Å². The number of hydrogen-bond acceptors (Lipinski definition) is 2. The van der Waals surface area contributed by atoms with Gasteiger partial charge in [-0.15, -0.1) is 0 Å². The summed E-state index contributed by atoms with van der Waals surface area (Å²) in [5, 5.41) is 0.519. The van der Waals surface area contributed by atoms with E-state index in [0.717, 1.165) is 17.1 Å². The van der Waals surface area contributed by atoms with Gasteiger partial charge in [-0.2, -0.15) is 0 Å². The van der Waals surface area contributed by atoms with E-state index in [-0.39, 0.29) is 5.41 Å². The first-order valence-electron chi connectivity index (χ1n) is 7.09. The van der Waals surface area contributed by atoms with Gasteiger partial charge in [-0.05, 0) is 30.4 Å². The van der Waals surface area contributed by atoms with Crippen molar-refractivity contribution < 1.29 is 0 Å². The first-order chi connectivity index (χ1) is 9.45. The van der Waals surface area contributed by atoms with Crippen molar-refractivity contribution in [1.82, 2.24) is 9.97 Å². The Morgan fingerprint density at radius 3 is 2.45 bits per heavy atom. The second-order valence-electron chi connectivity index (χ2n) is 6.51. The number of hydrogen-bond donors (Lipinski definition) is 0. The molecule has 1 aromatic heterocycles. The van der Waals surface area contributed by atoms with Crippen molar-refractivity contribution in [1.29, 1.82) is 0 Å². The molecule has 20 heavy (non-hydrogen) atoms. The molecule has 0 bridgehead atoms. The zero-order valence-corrected chi connectivity index (χ0v) is 12.9. The second kappa shape index (κ2) is 4.85. The van der Waals surface area contributed by atoms with Crippen LogP contribution in [0.3, 0.4) is 0 Å². The second-order valence-corrected chi connectivity index (χ2v) is 6.90. The van der Waals surface area contributed by atoms with Gasteiger partial charge in [0.05, 0.1) is 5.69 Å². The van der Waals surface area contributed by atoms with Crippen LogP contribution in [0.1, 0.15) is 50.8 Å². The van der Waals surface area contributed by atoms with Crippen molar-refractivity contribution in [2.75, 3.05) is 0 Å². The van der Waals surface area contributed by atoms with Crippen molar-refractivity contribution in [3.63, 3.8) is 0 Å². The molecule has 0 spiro atoms. The summed E-state index contributed by atoms with van der Waals surface area (Å²) in [5.74, 6) is 1.43. The van der Waals surface area contributed by atoms with E-state index in [1.165, 1.54) is 18.4 Å². The number of halogens is 1. The quantitative estimate of drug-likeness (QED) is 0.728. The van der Waals surface area contributed by atoms with Crippen LogP contribution in [0.25, 0.3) is 11.4 Å². The normalized spacial score (nSPS) is 15.4. The molecule has 1 aliphatic carbocycles. The molecule has 1 aliphatic rings. The average molecular weight is 287 g/mol. The van der Waals surface area contributed by atoms with Crippen molar-refractivity contribution >= 4 is 11.6 Å². The molecule has 2 aromatic rings. The summed E-state index contributed by atoms with van der Waals surface area (Å²) in [4.78, 5) is 9.19. The van der Waals surface area contributed by atoms with E-state index in [2.05, 4.69) is 44.0 Å². The fourth-order valence-corrected chi connectivity index (χ4v) is 2.56. The lowest BCUT2D eigenvalue weighted by Gasteiger charge is -2.19. The predicted octanol–water partition coefficient (Wildman–Crippen LogP) is 4.97. The van der Waals surface area contributed by atoms with Gasteiger partial charge in [0.15, 0.2) is 5.82 Å². The van der Waals surface area contributed by atoms with Crippen LogP contribution in [0.15, 0.2) is 30.3 Å². The van der Waals surface area contributed by atoms with E-state index in [1.807, 2.05) is 12.1 Å². The summed E-state index contributed by atoms with van der Waals surface area (Å²) >= 11 is 6.20. The average Bonchev–Trinajstić information content (AvgIpc) is 3.21. The first kappa shape index (κ1) is 13.6. The van der Waals surface area contributed by atoms with E-state index >= 15 is 0 Å². The van der Waals surface area contributed by atoms with Crippen LogP contribution in [-0.2, 0) is 5.41 Å². The fourth-order valence-electron chi connectivity index (χ4n) is 2.37. The SMILES string of the molecule is CC(C)(C)c1cc(Cl)nc(-c2ccccc2C2CC2)n1. The predicted molar refractivity (Wildman–Crippen MR) is 83.2 cm³/mol. The Balaban J connectivity index is 2.13. The van der Waals surface area contributed by atoms with E-state index in [4.69, 9.17) is 16.6 Å². The highest BCUT2D eigenvalue weighted by atomic mass is 35.5. The van der Waals surface area contributed by atoms with Crippen LogP contribution >= 0.6 is 11.6 Å². The Bertz CT molecular complexity index is 640. The lowest BCUT2D eigenvalue weighted by Crippen LogP contribution is -2.14. The molecular formula is C17H19ClN2. The van der Waals surface area contributed by atoms with Crippen molar-refractivity contribution in [2.24, 2.45) is 0 Å². The molecule has 1 aromatic carbocycles. The van der Waals surface area contributed by atoms with Gasteiger partial charge < -0.3 is 0 Å². The number of benzene rings is 1. The van der Waals surface area contributed by atoms with Gasteiger partial charge in [-0.3, -0.25) is 0 Å². The Morgan fingerprint density at radius 1 is 1.10 bits per heavy atom. The number of rotatable bonds is 2. The summed E-state index contributed by atoms with van der Waals surface area (Å²) in [5.41, 5.74) is 3.44. The van der Waals surface area contributed by atoms with Crippen molar-refractivity contribution in [3.05, 3.63) is 46.7 Å². The maximum absolute atomic E-state index is 6.20. The maximum Gasteiger partial charge on any atom is 0.161 e. The van der Waals surface area contributed by atoms with Gasteiger partial charge in [-0.25, -0.2) is 9.97 Å². The minimum atomic E-state index is -0.0319. The van der Waals surface area contributed by atoms with Gasteiger partial charge in [0.25, 0.3) is 0 Å². The van der Waals surface area contributed by atoms with Crippen LogP contribution in [0, 0.1) is 0 Å². The first-order valence-corrected chi connectivity index (χ1v) is 7.47. The topological polar surface area (TPSA) is 25.8 Å². The third kappa shape index (κ3) is 2.71. The summed E-state index contributed by atoms with van der Waals surface area (Å²) < 4.78 is 0. The standard InChI is InChI=1S/C17H19ClN2/c1-17(2,3)14-10-15(18)20-16(19-14)13-7-5-4-6-12(13)11-8-9-11/h4-7,10-11H,8-9H2,1-3H3. The molecule has 104 valence electrons. The third-order valence-corrected chi connectivity index (χ3v) is 3.88. The molecule has 1 heterocycles. The third-order valence-electron chi connectivity index (χ3n) is 3.68. The molecule has 0 aliphatic heterocycles. The fraction of sp³-hybridized carbons (Fsp3) is 0.412. The monoisotopic (exact) mass is 286 g/mol. The largest absolute Gasteiger partial charge is 0.232 e. The molecule has 0 radical (unpaired) electrons. The van der Waals surface area contributed by atoms with Crippen molar-refractivity contribution in [2.45, 2.75) is 44.9 Å². The zero-order chi connectivity index (χ0) is 14.3. The molecule has 0 unspecified atom stereocenters. The number of nitrogens with zero attached hydrogens (tertiary/aromatic N) is 2. The lowest BCUT2D eigenvalue weighted by atomic mass is 9.92. The highest BCUT2D eigenvalue weighted by molar-refractivity contribution is 6.29. The van der Waals surface area contributed by atoms with Crippen LogP contribution in [0.4, 0.5) is 0 Å². The number of aromatic nitrogens is 2. The summed E-state index contributed by atoms with van der Waals surface area (Å²) in [6.45, 7) is 6.42. The Hall–Kier alpha value is -1.41. The van der Waals surface area contributed by atoms with Gasteiger partial charge >= 0.3 is 0 Å². The van der Waals surface area contributed by atoms with E-state index in [1.54, 1.807) is 0 Å². The Morgan fingerprint density at radius 2 is 1.80 bits per heavy atom. The minimum Gasteiger partial charge on any atom is -0.232 e.